The fourth-order valence-electron chi connectivity index (χ4n) is 4.38. The maximum Gasteiger partial charge on any atom is 0.178 e. The number of sulfone groups is 2. The van der Waals surface area contributed by atoms with E-state index in [2.05, 4.69) is 12.1 Å². The Hall–Kier alpha value is -2.96. The molecule has 0 saturated heterocycles. The highest BCUT2D eigenvalue weighted by molar-refractivity contribution is 7.91. The Morgan fingerprint density at radius 2 is 0.781 bits per heavy atom. The number of rotatable bonds is 4. The van der Waals surface area contributed by atoms with Crippen LogP contribution in [-0.4, -0.2) is 28.3 Å². The van der Waals surface area contributed by atoms with E-state index in [1.54, 1.807) is 38.1 Å². The second-order valence-electron chi connectivity index (χ2n) is 7.96. The van der Waals surface area contributed by atoms with E-state index in [9.17, 15) is 16.8 Å². The maximum absolute atomic E-state index is 12.3. The van der Waals surface area contributed by atoms with E-state index in [4.69, 9.17) is 0 Å². The van der Waals surface area contributed by atoms with E-state index in [-0.39, 0.29) is 11.5 Å². The van der Waals surface area contributed by atoms with Crippen LogP contribution in [0.3, 0.4) is 0 Å². The maximum atomic E-state index is 12.3. The molecule has 6 heteroatoms. The third kappa shape index (κ3) is 3.17. The van der Waals surface area contributed by atoms with Gasteiger partial charge in [-0.1, -0.05) is 62.4 Å². The van der Waals surface area contributed by atoms with Crippen LogP contribution in [-0.2, 0) is 19.7 Å². The summed E-state index contributed by atoms with van der Waals surface area (Å²) in [5, 5.41) is 8.05. The lowest BCUT2D eigenvalue weighted by molar-refractivity contribution is 0.595. The normalized spacial score (nSPS) is 12.8. The van der Waals surface area contributed by atoms with Gasteiger partial charge >= 0.3 is 0 Å². The van der Waals surface area contributed by atoms with Crippen LogP contribution in [0.5, 0.6) is 0 Å². The van der Waals surface area contributed by atoms with Gasteiger partial charge in [-0.3, -0.25) is 0 Å². The zero-order valence-corrected chi connectivity index (χ0v) is 19.4. The van der Waals surface area contributed by atoms with E-state index in [1.807, 2.05) is 36.4 Å². The van der Waals surface area contributed by atoms with Crippen molar-refractivity contribution >= 4 is 62.8 Å². The molecule has 0 aromatic heterocycles. The van der Waals surface area contributed by atoms with Crippen LogP contribution < -0.4 is 0 Å². The van der Waals surface area contributed by atoms with Gasteiger partial charge in [0, 0.05) is 0 Å². The minimum atomic E-state index is -3.26. The summed E-state index contributed by atoms with van der Waals surface area (Å²) >= 11 is 0. The van der Waals surface area contributed by atoms with Gasteiger partial charge in [0.2, 0.25) is 0 Å². The quantitative estimate of drug-likeness (QED) is 0.313. The van der Waals surface area contributed by atoms with Crippen LogP contribution in [0.4, 0.5) is 0 Å². The first-order valence-corrected chi connectivity index (χ1v) is 13.8. The van der Waals surface area contributed by atoms with Crippen LogP contribution in [0.25, 0.3) is 43.1 Å². The summed E-state index contributed by atoms with van der Waals surface area (Å²) < 4.78 is 49.1. The van der Waals surface area contributed by atoms with Crippen LogP contribution in [0, 0.1) is 0 Å². The van der Waals surface area contributed by atoms with Crippen molar-refractivity contribution in [1.82, 2.24) is 0 Å². The molecule has 0 N–H and O–H groups in total. The number of hydrogen-bond acceptors (Lipinski definition) is 4. The second kappa shape index (κ2) is 7.29. The van der Waals surface area contributed by atoms with Crippen LogP contribution in [0.15, 0.2) is 82.6 Å². The molecule has 162 valence electrons. The lowest BCUT2D eigenvalue weighted by atomic mass is 9.94. The number of fused-ring (bicyclic) bond motifs is 7. The SMILES string of the molecule is CCS(=O)(=O)c1ccc2c(ccc3c2ccc2c4ccc(S(=O)(=O)CC)cc4ccc23)c1. The van der Waals surface area contributed by atoms with Crippen molar-refractivity contribution in [2.45, 2.75) is 23.6 Å². The Kier molecular flexibility index (Phi) is 4.76. The van der Waals surface area contributed by atoms with Crippen molar-refractivity contribution in [2.24, 2.45) is 0 Å². The van der Waals surface area contributed by atoms with E-state index < -0.39 is 19.7 Å². The Labute approximate surface area is 187 Å². The van der Waals surface area contributed by atoms with Crippen molar-refractivity contribution in [3.05, 3.63) is 72.8 Å². The van der Waals surface area contributed by atoms with Gasteiger partial charge in [-0.05, 0) is 67.4 Å². The van der Waals surface area contributed by atoms with E-state index in [0.717, 1.165) is 43.1 Å². The molecule has 0 amide bonds. The molecular weight excluding hydrogens is 440 g/mol. The highest BCUT2D eigenvalue weighted by atomic mass is 32.2. The second-order valence-corrected chi connectivity index (χ2v) is 12.5. The topological polar surface area (TPSA) is 68.3 Å². The van der Waals surface area contributed by atoms with E-state index >= 15 is 0 Å². The van der Waals surface area contributed by atoms with Crippen LogP contribution >= 0.6 is 0 Å². The summed E-state index contributed by atoms with van der Waals surface area (Å²) in [4.78, 5) is 0.688. The summed E-state index contributed by atoms with van der Waals surface area (Å²) in [6.07, 6.45) is 0. The fraction of sp³-hybridized carbons (Fsp3) is 0.154. The summed E-state index contributed by atoms with van der Waals surface area (Å²) in [5.74, 6) is 0.149. The summed E-state index contributed by atoms with van der Waals surface area (Å²) in [7, 11) is -6.52. The van der Waals surface area contributed by atoms with Crippen molar-refractivity contribution in [2.75, 3.05) is 11.5 Å². The first-order chi connectivity index (χ1) is 15.2. The zero-order chi connectivity index (χ0) is 22.7. The van der Waals surface area contributed by atoms with Gasteiger partial charge in [-0.15, -0.1) is 0 Å². The van der Waals surface area contributed by atoms with Gasteiger partial charge in [-0.2, -0.15) is 0 Å². The molecule has 0 spiro atoms. The third-order valence-electron chi connectivity index (χ3n) is 6.25. The molecule has 0 aliphatic rings. The van der Waals surface area contributed by atoms with E-state index in [1.165, 1.54) is 0 Å². The van der Waals surface area contributed by atoms with Gasteiger partial charge in [0.25, 0.3) is 0 Å². The average molecular weight is 463 g/mol. The predicted octanol–water partition coefficient (Wildman–Crippen LogP) is 5.89. The molecule has 0 heterocycles. The van der Waals surface area contributed by atoms with Crippen molar-refractivity contribution < 1.29 is 16.8 Å². The molecular formula is C26H22O4S2. The molecule has 0 atom stereocenters. The summed E-state index contributed by atoms with van der Waals surface area (Å²) in [5.41, 5.74) is 0. The molecule has 32 heavy (non-hydrogen) atoms. The summed E-state index contributed by atoms with van der Waals surface area (Å²) in [6.45, 7) is 3.30. The highest BCUT2D eigenvalue weighted by Crippen LogP contribution is 2.36. The van der Waals surface area contributed by atoms with Crippen molar-refractivity contribution in [1.29, 1.82) is 0 Å². The smallest absolute Gasteiger partial charge is 0.178 e. The molecule has 4 nitrogen and oxygen atoms in total. The molecule has 0 radical (unpaired) electrons. The molecule has 5 aromatic rings. The van der Waals surface area contributed by atoms with Gasteiger partial charge in [0.1, 0.15) is 0 Å². The Morgan fingerprint density at radius 1 is 0.469 bits per heavy atom. The minimum absolute atomic E-state index is 0.0745. The van der Waals surface area contributed by atoms with Gasteiger partial charge in [-0.25, -0.2) is 16.8 Å². The molecule has 5 aromatic carbocycles. The lowest BCUT2D eigenvalue weighted by Gasteiger charge is -2.11. The molecule has 0 aliphatic heterocycles. The first kappa shape index (κ1) is 20.9. The molecule has 0 unspecified atom stereocenters. The highest BCUT2D eigenvalue weighted by Gasteiger charge is 2.15. The molecule has 0 bridgehead atoms. The predicted molar refractivity (Wildman–Crippen MR) is 132 cm³/mol. The fourth-order valence-corrected chi connectivity index (χ4v) is 6.21. The third-order valence-corrected chi connectivity index (χ3v) is 9.72. The van der Waals surface area contributed by atoms with Gasteiger partial charge in [0.15, 0.2) is 19.7 Å². The largest absolute Gasteiger partial charge is 0.224 e. The minimum Gasteiger partial charge on any atom is -0.224 e. The molecule has 0 saturated carbocycles. The number of hydrogen-bond donors (Lipinski definition) is 0. The van der Waals surface area contributed by atoms with Gasteiger partial charge in [0.05, 0.1) is 21.3 Å². The number of benzene rings is 5. The Balaban J connectivity index is 1.77. The van der Waals surface area contributed by atoms with Crippen LogP contribution in [0.1, 0.15) is 13.8 Å². The van der Waals surface area contributed by atoms with E-state index in [0.29, 0.717) is 9.79 Å². The van der Waals surface area contributed by atoms with Crippen molar-refractivity contribution in [3.8, 4) is 0 Å². The lowest BCUT2D eigenvalue weighted by Crippen LogP contribution is -2.03. The summed E-state index contributed by atoms with van der Waals surface area (Å²) in [6, 6.07) is 22.7. The molecule has 5 rings (SSSR count). The molecule has 0 fully saturated rings. The monoisotopic (exact) mass is 462 g/mol. The van der Waals surface area contributed by atoms with Crippen molar-refractivity contribution in [3.63, 3.8) is 0 Å². The standard InChI is InChI=1S/C26H22O4S2/c1-3-31(27,28)19-7-11-21-17(15-19)5-9-25-23(21)13-14-24-22-12-8-20(32(29,30)4-2)16-18(22)6-10-26(24)25/h5-16H,3-4H2,1-2H3. The first-order valence-electron chi connectivity index (χ1n) is 10.5. The van der Waals surface area contributed by atoms with Crippen LogP contribution in [0.2, 0.25) is 0 Å². The Bertz CT molecular complexity index is 1630. The zero-order valence-electron chi connectivity index (χ0n) is 17.8. The molecule has 0 aliphatic carbocycles. The van der Waals surface area contributed by atoms with Gasteiger partial charge < -0.3 is 0 Å². The Morgan fingerprint density at radius 3 is 1.16 bits per heavy atom. The average Bonchev–Trinajstić information content (AvgIpc) is 2.82.